The first-order valence-corrected chi connectivity index (χ1v) is 20.4. The van der Waals surface area contributed by atoms with Crippen molar-refractivity contribution in [1.29, 1.82) is 0 Å². The zero-order valence-corrected chi connectivity index (χ0v) is 29.2. The molecule has 7 N–H and O–H groups in total. The van der Waals surface area contributed by atoms with E-state index in [4.69, 9.17) is 5.73 Å². The molecule has 1 aliphatic rings. The van der Waals surface area contributed by atoms with Gasteiger partial charge in [0.2, 0.25) is 0 Å². The Morgan fingerprint density at radius 3 is 1.92 bits per heavy atom. The van der Waals surface area contributed by atoms with Gasteiger partial charge in [-0.25, -0.2) is 0 Å². The number of nitrogen functional groups attached to an aromatic ring is 1. The summed E-state index contributed by atoms with van der Waals surface area (Å²) in [5.41, 5.74) is 5.51. The minimum Gasteiger partial charge on any atom is -0.398 e. The molecule has 3 atom stereocenters. The fourth-order valence-corrected chi connectivity index (χ4v) is 8.69. The van der Waals surface area contributed by atoms with Crippen molar-refractivity contribution in [3.8, 4) is 0 Å². The third-order valence-electron chi connectivity index (χ3n) is 8.29. The number of aliphatic hydroxyl groups is 1. The first-order valence-electron chi connectivity index (χ1n) is 14.5. The zero-order valence-electron chi connectivity index (χ0n) is 25.9. The molecule has 0 aromatic heterocycles. The molecule has 18 nitrogen and oxygen atoms in total. The highest BCUT2D eigenvalue weighted by molar-refractivity contribution is 7.87. The molecule has 3 unspecified atom stereocenters. The van der Waals surface area contributed by atoms with Gasteiger partial charge in [0.25, 0.3) is 40.5 Å². The first-order chi connectivity index (χ1) is 24.1. The molecule has 0 bridgehead atoms. The third-order valence-corrected chi connectivity index (χ3v) is 12.2. The molecule has 5 aromatic rings. The van der Waals surface area contributed by atoms with Gasteiger partial charge in [-0.1, -0.05) is 24.3 Å². The number of azo groups is 2. The number of nitrogens with zero attached hydrogens (tertiary/aromatic N) is 4. The standard InChI is InChI=1S/C30H25N5O13S4/c31-23-14-21-16(11-27(23)51(43,44)45)12-28(52(46,47)48)29(30(21)36)35-34-25-9-8-24(20-7-5-18(13-22(20)25)49(37,38)39)33-32-17-4-6-19-15(10-17)2-1-3-26(19)50(40,41)42/h1-11,13-14,28-30,36H,12,31H2,(H,37,38,39)(H,40,41,42)(H,43,44,45)(H,46,47,48). The highest BCUT2D eigenvalue weighted by atomic mass is 32.2. The Labute approximate surface area is 295 Å². The molecule has 22 heteroatoms. The van der Waals surface area contributed by atoms with Crippen LogP contribution in [0.2, 0.25) is 0 Å². The number of rotatable bonds is 8. The second kappa shape index (κ2) is 13.0. The summed E-state index contributed by atoms with van der Waals surface area (Å²) in [6, 6.07) is 14.9. The lowest BCUT2D eigenvalue weighted by molar-refractivity contribution is 0.131. The predicted octanol–water partition coefficient (Wildman–Crippen LogP) is 4.73. The Morgan fingerprint density at radius 1 is 0.635 bits per heavy atom. The van der Waals surface area contributed by atoms with Crippen LogP contribution in [0.25, 0.3) is 21.5 Å². The topological polar surface area (TPSA) is 313 Å². The van der Waals surface area contributed by atoms with E-state index in [1.54, 1.807) is 6.07 Å². The van der Waals surface area contributed by atoms with E-state index in [0.29, 0.717) is 5.39 Å². The second-order valence-electron chi connectivity index (χ2n) is 11.6. The summed E-state index contributed by atoms with van der Waals surface area (Å²) < 4.78 is 135. The van der Waals surface area contributed by atoms with Crippen molar-refractivity contribution in [3.63, 3.8) is 0 Å². The normalized spacial score (nSPS) is 18.8. The number of fused-ring (bicyclic) bond motifs is 3. The zero-order chi connectivity index (χ0) is 38.0. The molecule has 0 spiro atoms. The fourth-order valence-electron chi connectivity index (χ4n) is 5.88. The van der Waals surface area contributed by atoms with Gasteiger partial charge in [-0.3, -0.25) is 18.2 Å². The Kier molecular flexibility index (Phi) is 9.26. The van der Waals surface area contributed by atoms with Crippen LogP contribution in [-0.4, -0.2) is 68.3 Å². The molecular formula is C30H25N5O13S4. The van der Waals surface area contributed by atoms with Crippen molar-refractivity contribution in [1.82, 2.24) is 0 Å². The van der Waals surface area contributed by atoms with E-state index in [1.807, 2.05) is 0 Å². The predicted molar refractivity (Wildman–Crippen MR) is 185 cm³/mol. The van der Waals surface area contributed by atoms with E-state index in [0.717, 1.165) is 24.3 Å². The van der Waals surface area contributed by atoms with Crippen LogP contribution in [0.4, 0.5) is 22.7 Å². The largest absolute Gasteiger partial charge is 0.398 e. The number of aliphatic hydroxyl groups excluding tert-OH is 1. The Bertz CT molecular complexity index is 2830. The highest BCUT2D eigenvalue weighted by Crippen LogP contribution is 2.41. The van der Waals surface area contributed by atoms with Crippen LogP contribution in [0.1, 0.15) is 17.2 Å². The molecule has 52 heavy (non-hydrogen) atoms. The minimum atomic E-state index is -4.99. The van der Waals surface area contributed by atoms with Crippen LogP contribution in [0.3, 0.4) is 0 Å². The van der Waals surface area contributed by atoms with Crippen LogP contribution in [0.15, 0.2) is 114 Å². The fraction of sp³-hybridized carbons (Fsp3) is 0.133. The minimum absolute atomic E-state index is 0.0165. The van der Waals surface area contributed by atoms with Crippen LogP contribution < -0.4 is 5.73 Å². The van der Waals surface area contributed by atoms with Crippen LogP contribution in [0.5, 0.6) is 0 Å². The SMILES string of the molecule is Nc1cc2c(cc1S(=O)(=O)O)CC(S(=O)(=O)O)C(N=Nc1ccc(N=Nc3ccc4c(S(=O)(=O)O)cccc4c3)c3ccc(S(=O)(=O)O)cc13)C2O. The number of benzene rings is 5. The Balaban J connectivity index is 1.43. The average Bonchev–Trinajstić information content (AvgIpc) is 3.04. The number of anilines is 1. The molecule has 0 aliphatic heterocycles. The van der Waals surface area contributed by atoms with Crippen molar-refractivity contribution in [2.75, 3.05) is 5.73 Å². The molecule has 272 valence electrons. The van der Waals surface area contributed by atoms with Crippen molar-refractivity contribution in [3.05, 3.63) is 90.0 Å². The van der Waals surface area contributed by atoms with Gasteiger partial charge >= 0.3 is 0 Å². The van der Waals surface area contributed by atoms with Crippen LogP contribution in [-0.2, 0) is 46.9 Å². The third kappa shape index (κ3) is 7.28. The van der Waals surface area contributed by atoms with E-state index in [2.05, 4.69) is 20.5 Å². The molecule has 1 aliphatic carbocycles. The Hall–Kier alpha value is -4.78. The van der Waals surface area contributed by atoms with Gasteiger partial charge in [0, 0.05) is 16.2 Å². The van der Waals surface area contributed by atoms with Gasteiger partial charge in [-0.15, -0.1) is 5.11 Å². The Morgan fingerprint density at radius 2 is 1.29 bits per heavy atom. The molecule has 0 amide bonds. The lowest BCUT2D eigenvalue weighted by Crippen LogP contribution is -2.42. The highest BCUT2D eigenvalue weighted by Gasteiger charge is 2.43. The maximum atomic E-state index is 12.4. The summed E-state index contributed by atoms with van der Waals surface area (Å²) in [5, 5.41) is 26.7. The summed E-state index contributed by atoms with van der Waals surface area (Å²) in [4.78, 5) is -1.60. The summed E-state index contributed by atoms with van der Waals surface area (Å²) in [6.45, 7) is 0. The summed E-state index contributed by atoms with van der Waals surface area (Å²) in [6.07, 6.45) is -2.39. The molecular weight excluding hydrogens is 767 g/mol. The van der Waals surface area contributed by atoms with E-state index in [1.165, 1.54) is 48.5 Å². The molecule has 0 fully saturated rings. The van der Waals surface area contributed by atoms with Gasteiger partial charge < -0.3 is 10.8 Å². The number of hydrogen-bond donors (Lipinski definition) is 6. The first kappa shape index (κ1) is 37.0. The lowest BCUT2D eigenvalue weighted by atomic mass is 9.85. The van der Waals surface area contributed by atoms with Crippen molar-refractivity contribution in [2.45, 2.75) is 38.5 Å². The monoisotopic (exact) mass is 791 g/mol. The summed E-state index contributed by atoms with van der Waals surface area (Å²) in [7, 11) is -19.1. The van der Waals surface area contributed by atoms with Crippen LogP contribution in [0, 0.1) is 0 Å². The van der Waals surface area contributed by atoms with Crippen LogP contribution >= 0.6 is 0 Å². The lowest BCUT2D eigenvalue weighted by Gasteiger charge is -2.32. The van der Waals surface area contributed by atoms with E-state index >= 15 is 0 Å². The number of nitrogens with two attached hydrogens (primary N) is 1. The maximum absolute atomic E-state index is 12.4. The van der Waals surface area contributed by atoms with Gasteiger partial charge in [-0.05, 0) is 77.5 Å². The maximum Gasteiger partial charge on any atom is 0.296 e. The van der Waals surface area contributed by atoms with Gasteiger partial charge in [0.15, 0.2) is 0 Å². The molecule has 0 saturated heterocycles. The van der Waals surface area contributed by atoms with Gasteiger partial charge in [0.05, 0.1) is 27.6 Å². The summed E-state index contributed by atoms with van der Waals surface area (Å²) in [5.74, 6) is 0. The van der Waals surface area contributed by atoms with E-state index in [9.17, 15) is 57.0 Å². The smallest absolute Gasteiger partial charge is 0.296 e. The van der Waals surface area contributed by atoms with Crippen molar-refractivity contribution >= 4 is 84.8 Å². The molecule has 0 saturated carbocycles. The quantitative estimate of drug-likeness (QED) is 0.0703. The van der Waals surface area contributed by atoms with Crippen molar-refractivity contribution < 1.29 is 57.0 Å². The summed E-state index contributed by atoms with van der Waals surface area (Å²) >= 11 is 0. The van der Waals surface area contributed by atoms with Crippen molar-refractivity contribution in [2.24, 2.45) is 20.5 Å². The molecule has 0 radical (unpaired) electrons. The second-order valence-corrected chi connectivity index (χ2v) is 17.4. The molecule has 0 heterocycles. The van der Waals surface area contributed by atoms with E-state index in [-0.39, 0.29) is 49.2 Å². The van der Waals surface area contributed by atoms with Gasteiger partial charge in [0.1, 0.15) is 27.2 Å². The molecule has 5 aromatic carbocycles. The van der Waals surface area contributed by atoms with Gasteiger partial charge in [-0.2, -0.15) is 49.0 Å². The number of hydrogen-bond acceptors (Lipinski definition) is 14. The van der Waals surface area contributed by atoms with E-state index < -0.39 is 79.8 Å². The molecule has 6 rings (SSSR count). The average molecular weight is 792 g/mol.